The number of nitrogens with zero attached hydrogens (tertiary/aromatic N) is 2. The van der Waals surface area contributed by atoms with Gasteiger partial charge in [-0.15, -0.1) is 11.6 Å². The van der Waals surface area contributed by atoms with Crippen molar-refractivity contribution in [2.24, 2.45) is 0 Å². The van der Waals surface area contributed by atoms with Crippen LogP contribution in [0.4, 0.5) is 0 Å². The summed E-state index contributed by atoms with van der Waals surface area (Å²) in [5, 5.41) is -0.126. The summed E-state index contributed by atoms with van der Waals surface area (Å²) in [6.07, 6.45) is 0. The molecule has 0 saturated carbocycles. The van der Waals surface area contributed by atoms with Crippen LogP contribution < -0.4 is 0 Å². The number of alkyl halides is 1. The van der Waals surface area contributed by atoms with E-state index in [-0.39, 0.29) is 11.0 Å². The Morgan fingerprint density at radius 3 is 2.70 bits per heavy atom. The van der Waals surface area contributed by atoms with E-state index in [9.17, 15) is 0 Å². The Balaban J connectivity index is 2.55. The lowest BCUT2D eigenvalue weighted by atomic mass is 10.1. The molecule has 2 aromatic rings. The van der Waals surface area contributed by atoms with Crippen LogP contribution in [0, 0.1) is 6.92 Å². The van der Waals surface area contributed by atoms with Gasteiger partial charge in [-0.3, -0.25) is 0 Å². The number of hydrogen-bond donors (Lipinski definition) is 0. The Labute approximate surface area is 125 Å². The molecule has 2 rings (SSSR count). The monoisotopic (exact) mass is 294 g/mol. The molecular weight excluding hydrogens is 272 g/mol. The molecule has 20 heavy (non-hydrogen) atoms. The smallest absolute Gasteiger partial charge is 0.127 e. The minimum absolute atomic E-state index is 0.126. The van der Waals surface area contributed by atoms with Crippen molar-refractivity contribution >= 4 is 22.6 Å². The summed E-state index contributed by atoms with van der Waals surface area (Å²) < 4.78 is 8.01. The standard InChI is InChI=1S/C16H23ClN2O/c1-6-20-16(4,5)10-19-13-9-7-8-11(2)14(13)18-15(19)12(3)17/h7-9,12H,6,10H2,1-5H3. The van der Waals surface area contributed by atoms with Gasteiger partial charge in [0, 0.05) is 6.61 Å². The molecule has 1 aromatic heterocycles. The summed E-state index contributed by atoms with van der Waals surface area (Å²) in [4.78, 5) is 4.73. The van der Waals surface area contributed by atoms with Gasteiger partial charge in [0.2, 0.25) is 0 Å². The Morgan fingerprint density at radius 1 is 1.40 bits per heavy atom. The molecule has 0 aliphatic heterocycles. The molecule has 0 fully saturated rings. The lowest BCUT2D eigenvalue weighted by Gasteiger charge is -2.26. The second-order valence-corrected chi connectivity index (χ2v) is 6.46. The lowest BCUT2D eigenvalue weighted by molar-refractivity contribution is -0.0221. The number of rotatable bonds is 5. The fourth-order valence-corrected chi connectivity index (χ4v) is 2.76. The van der Waals surface area contributed by atoms with E-state index >= 15 is 0 Å². The molecule has 0 aliphatic carbocycles. The number of imidazole rings is 1. The molecule has 1 heterocycles. The molecule has 0 saturated heterocycles. The van der Waals surface area contributed by atoms with Gasteiger partial charge in [0.05, 0.1) is 28.6 Å². The van der Waals surface area contributed by atoms with Gasteiger partial charge in [-0.05, 0) is 46.2 Å². The Bertz CT molecular complexity index is 602. The van der Waals surface area contributed by atoms with E-state index in [4.69, 9.17) is 21.3 Å². The average Bonchev–Trinajstić information content (AvgIpc) is 2.69. The summed E-state index contributed by atoms with van der Waals surface area (Å²) in [5.74, 6) is 0.906. The number of hydrogen-bond acceptors (Lipinski definition) is 2. The van der Waals surface area contributed by atoms with E-state index in [1.165, 1.54) is 5.56 Å². The largest absolute Gasteiger partial charge is 0.374 e. The van der Waals surface area contributed by atoms with Crippen LogP contribution >= 0.6 is 11.6 Å². The summed E-state index contributed by atoms with van der Waals surface area (Å²) in [6.45, 7) is 11.7. The maximum absolute atomic E-state index is 6.31. The van der Waals surface area contributed by atoms with E-state index in [0.29, 0.717) is 6.61 Å². The number of ether oxygens (including phenoxy) is 1. The predicted molar refractivity (Wildman–Crippen MR) is 84.4 cm³/mol. The van der Waals surface area contributed by atoms with E-state index in [0.717, 1.165) is 23.4 Å². The predicted octanol–water partition coefficient (Wildman–Crippen LogP) is 4.46. The number of para-hydroxylation sites is 1. The molecule has 1 aromatic carbocycles. The van der Waals surface area contributed by atoms with E-state index in [1.807, 2.05) is 13.8 Å². The maximum atomic E-state index is 6.31. The number of aryl methyl sites for hydroxylation is 1. The van der Waals surface area contributed by atoms with Gasteiger partial charge >= 0.3 is 0 Å². The van der Waals surface area contributed by atoms with Crippen molar-refractivity contribution in [3.63, 3.8) is 0 Å². The van der Waals surface area contributed by atoms with Crippen LogP contribution in [0.5, 0.6) is 0 Å². The Hall–Kier alpha value is -1.06. The highest BCUT2D eigenvalue weighted by molar-refractivity contribution is 6.20. The summed E-state index contributed by atoms with van der Waals surface area (Å²) >= 11 is 6.31. The van der Waals surface area contributed by atoms with Gasteiger partial charge in [0.1, 0.15) is 5.82 Å². The van der Waals surface area contributed by atoms with Gasteiger partial charge in [-0.2, -0.15) is 0 Å². The molecule has 0 bridgehead atoms. The van der Waals surface area contributed by atoms with E-state index < -0.39 is 0 Å². The van der Waals surface area contributed by atoms with Crippen LogP contribution in [0.1, 0.15) is 44.5 Å². The topological polar surface area (TPSA) is 27.1 Å². The summed E-state index contributed by atoms with van der Waals surface area (Å²) in [6, 6.07) is 6.24. The van der Waals surface area contributed by atoms with Gasteiger partial charge in [0.25, 0.3) is 0 Å². The molecular formula is C16H23ClN2O. The fourth-order valence-electron chi connectivity index (χ4n) is 2.59. The third kappa shape index (κ3) is 2.99. The van der Waals surface area contributed by atoms with Crippen LogP contribution in [-0.2, 0) is 11.3 Å². The zero-order chi connectivity index (χ0) is 14.9. The first-order chi connectivity index (χ1) is 9.35. The van der Waals surface area contributed by atoms with Crippen molar-refractivity contribution in [2.75, 3.05) is 6.61 Å². The van der Waals surface area contributed by atoms with Crippen LogP contribution in [-0.4, -0.2) is 21.8 Å². The molecule has 0 amide bonds. The molecule has 0 N–H and O–H groups in total. The van der Waals surface area contributed by atoms with E-state index in [2.05, 4.69) is 43.5 Å². The Morgan fingerprint density at radius 2 is 2.10 bits per heavy atom. The molecule has 0 radical (unpaired) electrons. The van der Waals surface area contributed by atoms with E-state index in [1.54, 1.807) is 0 Å². The van der Waals surface area contributed by atoms with Crippen LogP contribution in [0.25, 0.3) is 11.0 Å². The number of halogens is 1. The molecule has 4 heteroatoms. The van der Waals surface area contributed by atoms with Gasteiger partial charge < -0.3 is 9.30 Å². The van der Waals surface area contributed by atoms with Crippen molar-refractivity contribution in [3.8, 4) is 0 Å². The quantitative estimate of drug-likeness (QED) is 0.761. The van der Waals surface area contributed by atoms with Crippen LogP contribution in [0.3, 0.4) is 0 Å². The van der Waals surface area contributed by atoms with Crippen molar-refractivity contribution in [1.82, 2.24) is 9.55 Å². The molecule has 3 nitrogen and oxygen atoms in total. The molecule has 0 aliphatic rings. The average molecular weight is 295 g/mol. The Kier molecular flexibility index (Phi) is 4.40. The number of aromatic nitrogens is 2. The lowest BCUT2D eigenvalue weighted by Crippen LogP contribution is -2.31. The van der Waals surface area contributed by atoms with Crippen molar-refractivity contribution in [3.05, 3.63) is 29.6 Å². The first-order valence-electron chi connectivity index (χ1n) is 7.09. The van der Waals surface area contributed by atoms with Gasteiger partial charge in [0.15, 0.2) is 0 Å². The molecule has 1 atom stereocenters. The molecule has 110 valence electrons. The fraction of sp³-hybridized carbons (Fsp3) is 0.562. The van der Waals surface area contributed by atoms with Crippen molar-refractivity contribution in [2.45, 2.75) is 52.1 Å². The SMILES string of the molecule is CCOC(C)(C)Cn1c(C(C)Cl)nc2c(C)cccc21. The third-order valence-electron chi connectivity index (χ3n) is 3.44. The minimum atomic E-state index is -0.243. The van der Waals surface area contributed by atoms with Crippen molar-refractivity contribution < 1.29 is 4.74 Å². The summed E-state index contributed by atoms with van der Waals surface area (Å²) in [5.41, 5.74) is 3.09. The van der Waals surface area contributed by atoms with Gasteiger partial charge in [-0.1, -0.05) is 12.1 Å². The minimum Gasteiger partial charge on any atom is -0.374 e. The number of fused-ring (bicyclic) bond motifs is 1. The third-order valence-corrected chi connectivity index (χ3v) is 3.64. The molecule has 0 spiro atoms. The summed E-state index contributed by atoms with van der Waals surface area (Å²) in [7, 11) is 0. The van der Waals surface area contributed by atoms with Crippen LogP contribution in [0.15, 0.2) is 18.2 Å². The maximum Gasteiger partial charge on any atom is 0.127 e. The van der Waals surface area contributed by atoms with Gasteiger partial charge in [-0.25, -0.2) is 4.98 Å². The second-order valence-electron chi connectivity index (χ2n) is 5.81. The van der Waals surface area contributed by atoms with Crippen LogP contribution in [0.2, 0.25) is 0 Å². The second kappa shape index (κ2) is 5.74. The molecule has 1 unspecified atom stereocenters. The number of benzene rings is 1. The normalized spacial score (nSPS) is 13.9. The highest BCUT2D eigenvalue weighted by Crippen LogP contribution is 2.28. The first-order valence-corrected chi connectivity index (χ1v) is 7.53. The highest BCUT2D eigenvalue weighted by atomic mass is 35.5. The first kappa shape index (κ1) is 15.3. The van der Waals surface area contributed by atoms with Crippen molar-refractivity contribution in [1.29, 1.82) is 0 Å². The zero-order valence-electron chi connectivity index (χ0n) is 12.9. The highest BCUT2D eigenvalue weighted by Gasteiger charge is 2.24. The zero-order valence-corrected chi connectivity index (χ0v) is 13.7.